The minimum Gasteiger partial charge on any atom is -0.309 e. The first kappa shape index (κ1) is 18.6. The van der Waals surface area contributed by atoms with Gasteiger partial charge in [-0.25, -0.2) is 0 Å². The van der Waals surface area contributed by atoms with Crippen LogP contribution in [0.3, 0.4) is 0 Å². The Bertz CT molecular complexity index is 1300. The van der Waals surface area contributed by atoms with Crippen molar-refractivity contribution in [3.8, 4) is 11.1 Å². The van der Waals surface area contributed by atoms with Gasteiger partial charge in [-0.1, -0.05) is 121 Å². The van der Waals surface area contributed by atoms with Gasteiger partial charge in [0.25, 0.3) is 0 Å². The van der Waals surface area contributed by atoms with E-state index in [2.05, 4.69) is 42.5 Å². The Morgan fingerprint density at radius 2 is 0.967 bits per heavy atom. The zero-order valence-electron chi connectivity index (χ0n) is 16.5. The van der Waals surface area contributed by atoms with Crippen molar-refractivity contribution >= 4 is 33.8 Å². The second kappa shape index (κ2) is 7.78. The van der Waals surface area contributed by atoms with Gasteiger partial charge in [0.2, 0.25) is 0 Å². The molecule has 0 radical (unpaired) electrons. The molecule has 0 heterocycles. The van der Waals surface area contributed by atoms with Gasteiger partial charge >= 0.3 is 0 Å². The Kier molecular flexibility index (Phi) is 4.83. The standard InChI is InChI=1S/C28H21OP/c29-30(24-15-6-2-7-16-24,25-17-8-3-9-18-25)27-21-20-22-12-10-11-19-26(22)28(27)23-13-4-1-5-14-23/h1-21H. The molecule has 0 fully saturated rings. The van der Waals surface area contributed by atoms with Crippen LogP contribution >= 0.6 is 7.14 Å². The fraction of sp³-hybridized carbons (Fsp3) is 0. The quantitative estimate of drug-likeness (QED) is 0.329. The van der Waals surface area contributed by atoms with E-state index in [-0.39, 0.29) is 0 Å². The van der Waals surface area contributed by atoms with E-state index in [1.807, 2.05) is 84.9 Å². The summed E-state index contributed by atoms with van der Waals surface area (Å²) < 4.78 is 15.1. The van der Waals surface area contributed by atoms with Gasteiger partial charge in [0, 0.05) is 21.5 Å². The van der Waals surface area contributed by atoms with Crippen LogP contribution in [0.4, 0.5) is 0 Å². The Morgan fingerprint density at radius 3 is 1.57 bits per heavy atom. The van der Waals surface area contributed by atoms with Crippen molar-refractivity contribution in [2.75, 3.05) is 0 Å². The molecule has 0 saturated heterocycles. The molecule has 0 aliphatic heterocycles. The summed E-state index contributed by atoms with van der Waals surface area (Å²) in [4.78, 5) is 0. The van der Waals surface area contributed by atoms with Gasteiger partial charge in [-0.05, 0) is 22.4 Å². The van der Waals surface area contributed by atoms with Crippen LogP contribution in [0.2, 0.25) is 0 Å². The third kappa shape index (κ3) is 3.09. The van der Waals surface area contributed by atoms with Crippen LogP contribution in [-0.2, 0) is 4.57 Å². The van der Waals surface area contributed by atoms with Gasteiger partial charge in [-0.15, -0.1) is 0 Å². The molecule has 5 aromatic carbocycles. The Balaban J connectivity index is 1.92. The molecule has 2 heteroatoms. The summed E-state index contributed by atoms with van der Waals surface area (Å²) in [5.74, 6) is 0. The summed E-state index contributed by atoms with van der Waals surface area (Å²) in [7, 11) is -3.08. The molecular formula is C28H21OP. The van der Waals surface area contributed by atoms with Crippen molar-refractivity contribution in [1.29, 1.82) is 0 Å². The highest BCUT2D eigenvalue weighted by Crippen LogP contribution is 2.46. The fourth-order valence-corrected chi connectivity index (χ4v) is 7.02. The lowest BCUT2D eigenvalue weighted by Gasteiger charge is -2.24. The summed E-state index contributed by atoms with van der Waals surface area (Å²) >= 11 is 0. The molecule has 0 aliphatic rings. The first-order valence-corrected chi connectivity index (χ1v) is 11.8. The highest BCUT2D eigenvalue weighted by Gasteiger charge is 2.32. The van der Waals surface area contributed by atoms with Gasteiger partial charge in [-0.3, -0.25) is 0 Å². The first-order chi connectivity index (χ1) is 14.8. The number of benzene rings is 5. The zero-order valence-corrected chi connectivity index (χ0v) is 17.4. The van der Waals surface area contributed by atoms with Crippen LogP contribution in [0.25, 0.3) is 21.9 Å². The molecule has 0 aromatic heterocycles. The van der Waals surface area contributed by atoms with Crippen LogP contribution < -0.4 is 15.9 Å². The number of rotatable bonds is 4. The monoisotopic (exact) mass is 404 g/mol. The molecule has 0 bridgehead atoms. The van der Waals surface area contributed by atoms with Crippen molar-refractivity contribution in [1.82, 2.24) is 0 Å². The average molecular weight is 404 g/mol. The van der Waals surface area contributed by atoms with E-state index in [0.29, 0.717) is 0 Å². The van der Waals surface area contributed by atoms with Crippen molar-refractivity contribution in [2.24, 2.45) is 0 Å². The smallest absolute Gasteiger partial charge is 0.171 e. The lowest BCUT2D eigenvalue weighted by atomic mass is 9.98. The van der Waals surface area contributed by atoms with Crippen molar-refractivity contribution in [2.45, 2.75) is 0 Å². The zero-order chi connectivity index (χ0) is 20.4. The van der Waals surface area contributed by atoms with Gasteiger partial charge in [-0.2, -0.15) is 0 Å². The summed E-state index contributed by atoms with van der Waals surface area (Å²) in [5, 5.41) is 4.85. The summed E-state index contributed by atoms with van der Waals surface area (Å²) in [5.41, 5.74) is 2.13. The Morgan fingerprint density at radius 1 is 0.467 bits per heavy atom. The SMILES string of the molecule is O=P(c1ccccc1)(c1ccccc1)c1ccc2ccccc2c1-c1ccccc1. The van der Waals surface area contributed by atoms with Gasteiger partial charge < -0.3 is 4.57 Å². The van der Waals surface area contributed by atoms with E-state index < -0.39 is 7.14 Å². The van der Waals surface area contributed by atoms with E-state index in [1.54, 1.807) is 0 Å². The predicted molar refractivity (Wildman–Crippen MR) is 129 cm³/mol. The minimum absolute atomic E-state index is 0.851. The number of hydrogen-bond donors (Lipinski definition) is 0. The maximum atomic E-state index is 15.1. The van der Waals surface area contributed by atoms with Gasteiger partial charge in [0.05, 0.1) is 0 Å². The second-order valence-electron chi connectivity index (χ2n) is 7.33. The van der Waals surface area contributed by atoms with Crippen molar-refractivity contribution in [3.05, 3.63) is 127 Å². The highest BCUT2D eigenvalue weighted by molar-refractivity contribution is 7.85. The molecule has 1 nitrogen and oxygen atoms in total. The normalized spacial score (nSPS) is 11.5. The molecule has 144 valence electrons. The van der Waals surface area contributed by atoms with Crippen molar-refractivity contribution < 1.29 is 4.57 Å². The fourth-order valence-electron chi connectivity index (χ4n) is 4.13. The molecule has 5 aromatic rings. The molecular weight excluding hydrogens is 383 g/mol. The van der Waals surface area contributed by atoms with E-state index in [4.69, 9.17) is 0 Å². The van der Waals surface area contributed by atoms with E-state index in [9.17, 15) is 0 Å². The number of hydrogen-bond acceptors (Lipinski definition) is 1. The first-order valence-electron chi connectivity index (χ1n) is 10.1. The van der Waals surface area contributed by atoms with Crippen molar-refractivity contribution in [3.63, 3.8) is 0 Å². The molecule has 5 rings (SSSR count). The third-order valence-electron chi connectivity index (χ3n) is 5.55. The van der Waals surface area contributed by atoms with Crippen LogP contribution in [-0.4, -0.2) is 0 Å². The summed E-state index contributed by atoms with van der Waals surface area (Å²) in [6, 6.07) is 42.5. The minimum atomic E-state index is -3.08. The van der Waals surface area contributed by atoms with Crippen LogP contribution in [0, 0.1) is 0 Å². The lowest BCUT2D eigenvalue weighted by molar-refractivity contribution is 0.592. The second-order valence-corrected chi connectivity index (χ2v) is 10.1. The third-order valence-corrected chi connectivity index (χ3v) is 8.65. The Hall–Kier alpha value is -3.41. The maximum absolute atomic E-state index is 15.1. The Labute approximate surface area is 177 Å². The topological polar surface area (TPSA) is 17.1 Å². The van der Waals surface area contributed by atoms with Crippen LogP contribution in [0.1, 0.15) is 0 Å². The van der Waals surface area contributed by atoms with Crippen LogP contribution in [0.15, 0.2) is 127 Å². The van der Waals surface area contributed by atoms with E-state index >= 15 is 4.57 Å². The van der Waals surface area contributed by atoms with Gasteiger partial charge in [0.15, 0.2) is 7.14 Å². The maximum Gasteiger partial charge on any atom is 0.171 e. The molecule has 0 spiro atoms. The molecule has 0 aliphatic carbocycles. The van der Waals surface area contributed by atoms with Crippen LogP contribution in [0.5, 0.6) is 0 Å². The molecule has 30 heavy (non-hydrogen) atoms. The molecule has 0 unspecified atom stereocenters. The summed E-state index contributed by atoms with van der Waals surface area (Å²) in [6.07, 6.45) is 0. The number of fused-ring (bicyclic) bond motifs is 1. The average Bonchev–Trinajstić information content (AvgIpc) is 2.84. The molecule has 0 saturated carbocycles. The largest absolute Gasteiger partial charge is 0.309 e. The predicted octanol–water partition coefficient (Wildman–Crippen LogP) is 6.15. The summed E-state index contributed by atoms with van der Waals surface area (Å²) in [6.45, 7) is 0. The molecule has 0 atom stereocenters. The van der Waals surface area contributed by atoms with E-state index in [0.717, 1.165) is 37.8 Å². The highest BCUT2D eigenvalue weighted by atomic mass is 31.2. The molecule has 0 amide bonds. The van der Waals surface area contributed by atoms with Gasteiger partial charge in [0.1, 0.15) is 0 Å². The molecule has 0 N–H and O–H groups in total. The van der Waals surface area contributed by atoms with E-state index in [1.165, 1.54) is 0 Å². The lowest BCUT2D eigenvalue weighted by Crippen LogP contribution is -2.26.